The Kier molecular flexibility index (Phi) is 4.66. The van der Waals surface area contributed by atoms with E-state index in [1.807, 2.05) is 0 Å². The molecule has 112 valence electrons. The van der Waals surface area contributed by atoms with Crippen LogP contribution in [0.2, 0.25) is 0 Å². The molecule has 0 atom stereocenters. The third-order valence-corrected chi connectivity index (χ3v) is 4.86. The molecule has 3 heteroatoms. The summed E-state index contributed by atoms with van der Waals surface area (Å²) in [5.41, 5.74) is 0.889. The van der Waals surface area contributed by atoms with Crippen molar-refractivity contribution in [1.82, 2.24) is 0 Å². The molecule has 0 unspecified atom stereocenters. The maximum atomic E-state index is 14.2. The molecule has 1 aromatic rings. The number of benzene rings is 1. The molecule has 0 bridgehead atoms. The van der Waals surface area contributed by atoms with E-state index in [-0.39, 0.29) is 11.7 Å². The fraction of sp³-hybridized carbons (Fsp3) is 0.647. The fourth-order valence-corrected chi connectivity index (χ4v) is 3.11. The standard InChI is InChI=1S/C17H24F2O/c1-4-17(3)10-8-12(9-11-17)13-6-7-14(20-5-2)16(19)15(13)18/h6-7,12H,4-5,8-11H2,1-3H3. The zero-order valence-electron chi connectivity index (χ0n) is 12.6. The van der Waals surface area contributed by atoms with Gasteiger partial charge in [-0.25, -0.2) is 4.39 Å². The van der Waals surface area contributed by atoms with E-state index < -0.39 is 11.6 Å². The Bertz CT molecular complexity index is 462. The average Bonchev–Trinajstić information content (AvgIpc) is 2.46. The summed E-state index contributed by atoms with van der Waals surface area (Å²) >= 11 is 0. The molecule has 0 amide bonds. The van der Waals surface area contributed by atoms with E-state index in [0.717, 1.165) is 32.1 Å². The second-order valence-corrected chi connectivity index (χ2v) is 6.15. The second-order valence-electron chi connectivity index (χ2n) is 6.15. The highest BCUT2D eigenvalue weighted by molar-refractivity contribution is 5.33. The van der Waals surface area contributed by atoms with Crippen LogP contribution in [0.3, 0.4) is 0 Å². The summed E-state index contributed by atoms with van der Waals surface area (Å²) in [4.78, 5) is 0. The largest absolute Gasteiger partial charge is 0.491 e. The van der Waals surface area contributed by atoms with Gasteiger partial charge in [-0.05, 0) is 55.6 Å². The van der Waals surface area contributed by atoms with Gasteiger partial charge in [0.1, 0.15) is 0 Å². The Morgan fingerprint density at radius 1 is 1.15 bits per heavy atom. The first-order valence-corrected chi connectivity index (χ1v) is 7.61. The molecular weight excluding hydrogens is 258 g/mol. The van der Waals surface area contributed by atoms with Crippen LogP contribution in [-0.4, -0.2) is 6.61 Å². The van der Waals surface area contributed by atoms with Crippen LogP contribution in [-0.2, 0) is 0 Å². The SMILES string of the molecule is CCOc1ccc(C2CCC(C)(CC)CC2)c(F)c1F. The van der Waals surface area contributed by atoms with Gasteiger partial charge in [-0.1, -0.05) is 26.3 Å². The highest BCUT2D eigenvalue weighted by Crippen LogP contribution is 2.45. The molecule has 0 spiro atoms. The number of hydrogen-bond acceptors (Lipinski definition) is 1. The highest BCUT2D eigenvalue weighted by atomic mass is 19.2. The summed E-state index contributed by atoms with van der Waals surface area (Å²) in [6, 6.07) is 3.26. The van der Waals surface area contributed by atoms with Crippen molar-refractivity contribution >= 4 is 0 Å². The molecule has 2 rings (SSSR count). The summed E-state index contributed by atoms with van der Waals surface area (Å²) < 4.78 is 33.2. The van der Waals surface area contributed by atoms with Crippen LogP contribution in [0.4, 0.5) is 8.78 Å². The minimum Gasteiger partial charge on any atom is -0.491 e. The van der Waals surface area contributed by atoms with E-state index >= 15 is 0 Å². The minimum atomic E-state index is -0.840. The summed E-state index contributed by atoms with van der Waals surface area (Å²) in [7, 11) is 0. The van der Waals surface area contributed by atoms with Gasteiger partial charge < -0.3 is 4.74 Å². The van der Waals surface area contributed by atoms with Gasteiger partial charge in [-0.3, -0.25) is 0 Å². The molecule has 1 nitrogen and oxygen atoms in total. The van der Waals surface area contributed by atoms with E-state index in [2.05, 4.69) is 13.8 Å². The molecule has 20 heavy (non-hydrogen) atoms. The van der Waals surface area contributed by atoms with Crippen LogP contribution in [0.15, 0.2) is 12.1 Å². The molecule has 0 heterocycles. The first kappa shape index (κ1) is 15.3. The van der Waals surface area contributed by atoms with Gasteiger partial charge in [-0.15, -0.1) is 0 Å². The zero-order chi connectivity index (χ0) is 14.8. The summed E-state index contributed by atoms with van der Waals surface area (Å²) in [5.74, 6) is -1.41. The van der Waals surface area contributed by atoms with Gasteiger partial charge in [0.25, 0.3) is 0 Å². The van der Waals surface area contributed by atoms with E-state index in [9.17, 15) is 8.78 Å². The molecule has 0 radical (unpaired) electrons. The Balaban J connectivity index is 2.16. The summed E-state index contributed by atoms with van der Waals surface area (Å²) in [5, 5.41) is 0. The van der Waals surface area contributed by atoms with E-state index in [4.69, 9.17) is 4.74 Å². The van der Waals surface area contributed by atoms with Crippen molar-refractivity contribution in [1.29, 1.82) is 0 Å². The van der Waals surface area contributed by atoms with Gasteiger partial charge in [0.15, 0.2) is 11.6 Å². The third kappa shape index (κ3) is 2.97. The molecule has 0 aromatic heterocycles. The van der Waals surface area contributed by atoms with Crippen LogP contribution in [0.1, 0.15) is 64.4 Å². The molecule has 1 saturated carbocycles. The lowest BCUT2D eigenvalue weighted by atomic mass is 9.69. The highest BCUT2D eigenvalue weighted by Gasteiger charge is 2.32. The minimum absolute atomic E-state index is 0.0166. The quantitative estimate of drug-likeness (QED) is 0.714. The smallest absolute Gasteiger partial charge is 0.200 e. The predicted octanol–water partition coefficient (Wildman–Crippen LogP) is 5.44. The predicted molar refractivity (Wildman–Crippen MR) is 77.1 cm³/mol. The third-order valence-electron chi connectivity index (χ3n) is 4.86. The lowest BCUT2D eigenvalue weighted by Crippen LogP contribution is -2.23. The van der Waals surface area contributed by atoms with Crippen LogP contribution in [0.5, 0.6) is 5.75 Å². The van der Waals surface area contributed by atoms with Crippen LogP contribution in [0.25, 0.3) is 0 Å². The maximum Gasteiger partial charge on any atom is 0.200 e. The second kappa shape index (κ2) is 6.11. The van der Waals surface area contributed by atoms with Gasteiger partial charge >= 0.3 is 0 Å². The Labute approximate surface area is 120 Å². The Hall–Kier alpha value is -1.12. The maximum absolute atomic E-state index is 14.2. The monoisotopic (exact) mass is 282 g/mol. The first-order valence-electron chi connectivity index (χ1n) is 7.61. The van der Waals surface area contributed by atoms with Gasteiger partial charge in [-0.2, -0.15) is 4.39 Å². The van der Waals surface area contributed by atoms with E-state index in [1.165, 1.54) is 0 Å². The summed E-state index contributed by atoms with van der Waals surface area (Å²) in [6.07, 6.45) is 5.20. The Morgan fingerprint density at radius 3 is 2.35 bits per heavy atom. The van der Waals surface area contributed by atoms with Crippen molar-refractivity contribution < 1.29 is 13.5 Å². The fourth-order valence-electron chi connectivity index (χ4n) is 3.11. The van der Waals surface area contributed by atoms with E-state index in [1.54, 1.807) is 19.1 Å². The van der Waals surface area contributed by atoms with Crippen molar-refractivity contribution in [2.75, 3.05) is 6.61 Å². The van der Waals surface area contributed by atoms with Crippen LogP contribution < -0.4 is 4.74 Å². The van der Waals surface area contributed by atoms with E-state index in [0.29, 0.717) is 17.6 Å². The number of halogens is 2. The van der Waals surface area contributed by atoms with Crippen LogP contribution in [0, 0.1) is 17.0 Å². The molecule has 0 N–H and O–H groups in total. The number of ether oxygens (including phenoxy) is 1. The van der Waals surface area contributed by atoms with Crippen molar-refractivity contribution in [2.24, 2.45) is 5.41 Å². The molecule has 0 saturated heterocycles. The molecular formula is C17H24F2O. The van der Waals surface area contributed by atoms with Gasteiger partial charge in [0.2, 0.25) is 5.82 Å². The lowest BCUT2D eigenvalue weighted by molar-refractivity contribution is 0.189. The van der Waals surface area contributed by atoms with Crippen molar-refractivity contribution in [3.63, 3.8) is 0 Å². The Morgan fingerprint density at radius 2 is 1.80 bits per heavy atom. The number of rotatable bonds is 4. The topological polar surface area (TPSA) is 9.23 Å². The first-order chi connectivity index (χ1) is 9.50. The summed E-state index contributed by atoms with van der Waals surface area (Å²) in [6.45, 7) is 6.60. The van der Waals surface area contributed by atoms with Crippen molar-refractivity contribution in [3.05, 3.63) is 29.3 Å². The molecule has 0 aliphatic heterocycles. The molecule has 1 aromatic carbocycles. The zero-order valence-corrected chi connectivity index (χ0v) is 12.6. The van der Waals surface area contributed by atoms with Crippen LogP contribution >= 0.6 is 0 Å². The van der Waals surface area contributed by atoms with Gasteiger partial charge in [0.05, 0.1) is 6.61 Å². The van der Waals surface area contributed by atoms with Crippen molar-refractivity contribution in [2.45, 2.75) is 58.8 Å². The van der Waals surface area contributed by atoms with Crippen molar-refractivity contribution in [3.8, 4) is 5.75 Å². The van der Waals surface area contributed by atoms with Gasteiger partial charge in [0, 0.05) is 0 Å². The lowest BCUT2D eigenvalue weighted by Gasteiger charge is -2.37. The molecule has 1 aliphatic carbocycles. The molecule has 1 fully saturated rings. The number of hydrogen-bond donors (Lipinski definition) is 0. The molecule has 1 aliphatic rings. The average molecular weight is 282 g/mol. The normalized spacial score (nSPS) is 26.6.